The van der Waals surface area contributed by atoms with Gasteiger partial charge in [-0.2, -0.15) is 0 Å². The van der Waals surface area contributed by atoms with Crippen LogP contribution < -0.4 is 15.2 Å². The fourth-order valence-corrected chi connectivity index (χ4v) is 1.55. The second kappa shape index (κ2) is 3.75. The van der Waals surface area contributed by atoms with Gasteiger partial charge in [-0.25, -0.2) is 0 Å². The summed E-state index contributed by atoms with van der Waals surface area (Å²) >= 11 is 0. The predicted octanol–water partition coefficient (Wildman–Crippen LogP) is 0.665. The number of hydrogen-bond donors (Lipinski definition) is 2. The van der Waals surface area contributed by atoms with E-state index < -0.39 is 0 Å². The molecule has 4 nitrogen and oxygen atoms in total. The first-order chi connectivity index (χ1) is 6.83. The lowest BCUT2D eigenvalue weighted by atomic mass is 10.1. The molecule has 1 aliphatic heterocycles. The Hall–Kier alpha value is -1.42. The van der Waals surface area contributed by atoms with Gasteiger partial charge in [0.2, 0.25) is 0 Å². The number of nitrogens with two attached hydrogens (primary N) is 1. The van der Waals surface area contributed by atoms with Gasteiger partial charge in [0, 0.05) is 5.56 Å². The van der Waals surface area contributed by atoms with Crippen LogP contribution in [0.15, 0.2) is 12.1 Å². The topological polar surface area (TPSA) is 64.7 Å². The van der Waals surface area contributed by atoms with Crippen LogP contribution in [0.5, 0.6) is 17.2 Å². The summed E-state index contributed by atoms with van der Waals surface area (Å²) < 4.78 is 10.8. The molecule has 0 saturated heterocycles. The first-order valence-corrected chi connectivity index (χ1v) is 4.63. The summed E-state index contributed by atoms with van der Waals surface area (Å²) in [4.78, 5) is 0. The fraction of sp³-hybridized carbons (Fsp3) is 0.400. The molecule has 0 fully saturated rings. The quantitative estimate of drug-likeness (QED) is 0.727. The molecule has 3 N–H and O–H groups in total. The Morgan fingerprint density at radius 1 is 1.29 bits per heavy atom. The minimum atomic E-state index is 0.222. The summed E-state index contributed by atoms with van der Waals surface area (Å²) in [5, 5.41) is 9.61. The van der Waals surface area contributed by atoms with Crippen LogP contribution in [0.4, 0.5) is 0 Å². The molecule has 1 aromatic carbocycles. The molecule has 0 aromatic heterocycles. The van der Waals surface area contributed by atoms with E-state index in [4.69, 9.17) is 15.2 Å². The van der Waals surface area contributed by atoms with Gasteiger partial charge in [-0.3, -0.25) is 0 Å². The molecule has 0 aliphatic carbocycles. The minimum absolute atomic E-state index is 0.222. The highest BCUT2D eigenvalue weighted by Crippen LogP contribution is 2.38. The highest BCUT2D eigenvalue weighted by atomic mass is 16.6. The van der Waals surface area contributed by atoms with Crippen molar-refractivity contribution in [2.45, 2.75) is 6.42 Å². The van der Waals surface area contributed by atoms with Crippen LogP contribution in [-0.2, 0) is 6.42 Å². The average molecular weight is 195 g/mol. The Bertz CT molecular complexity index is 338. The predicted molar refractivity (Wildman–Crippen MR) is 51.9 cm³/mol. The first kappa shape index (κ1) is 9.15. The maximum absolute atomic E-state index is 9.61. The Labute approximate surface area is 82.2 Å². The summed E-state index contributed by atoms with van der Waals surface area (Å²) in [6.45, 7) is 1.56. The molecule has 0 amide bonds. The van der Waals surface area contributed by atoms with E-state index in [1.54, 1.807) is 12.1 Å². The number of phenolic OH excluding ortho intramolecular Hbond substituents is 1. The lowest BCUT2D eigenvalue weighted by molar-refractivity contribution is 0.169. The van der Waals surface area contributed by atoms with Gasteiger partial charge in [-0.05, 0) is 25.1 Å². The van der Waals surface area contributed by atoms with Crippen LogP contribution in [0.25, 0.3) is 0 Å². The van der Waals surface area contributed by atoms with Gasteiger partial charge >= 0.3 is 0 Å². The molecule has 1 aromatic rings. The molecule has 0 unspecified atom stereocenters. The van der Waals surface area contributed by atoms with Gasteiger partial charge in [0.05, 0.1) is 0 Å². The molecule has 0 bridgehead atoms. The Balaban J connectivity index is 2.43. The van der Waals surface area contributed by atoms with Crippen molar-refractivity contribution in [3.05, 3.63) is 17.7 Å². The van der Waals surface area contributed by atoms with Gasteiger partial charge in [-0.15, -0.1) is 0 Å². The van der Waals surface area contributed by atoms with Crippen LogP contribution in [0, 0.1) is 0 Å². The van der Waals surface area contributed by atoms with Crippen LogP contribution in [-0.4, -0.2) is 24.9 Å². The van der Waals surface area contributed by atoms with Crippen LogP contribution in [0.3, 0.4) is 0 Å². The lowest BCUT2D eigenvalue weighted by Gasteiger charge is -2.21. The van der Waals surface area contributed by atoms with Crippen LogP contribution in [0.2, 0.25) is 0 Å². The van der Waals surface area contributed by atoms with Crippen LogP contribution in [0.1, 0.15) is 5.56 Å². The van der Waals surface area contributed by atoms with Crippen molar-refractivity contribution in [2.24, 2.45) is 5.73 Å². The third-order valence-electron chi connectivity index (χ3n) is 2.18. The van der Waals surface area contributed by atoms with E-state index in [-0.39, 0.29) is 5.75 Å². The molecule has 1 heterocycles. The van der Waals surface area contributed by atoms with Crippen molar-refractivity contribution in [3.63, 3.8) is 0 Å². The van der Waals surface area contributed by atoms with E-state index >= 15 is 0 Å². The molecule has 14 heavy (non-hydrogen) atoms. The van der Waals surface area contributed by atoms with Crippen molar-refractivity contribution in [1.82, 2.24) is 0 Å². The van der Waals surface area contributed by atoms with E-state index in [9.17, 15) is 5.11 Å². The summed E-state index contributed by atoms with van der Waals surface area (Å²) in [5.74, 6) is 1.55. The third-order valence-corrected chi connectivity index (χ3v) is 2.18. The maximum Gasteiger partial charge on any atom is 0.168 e. The standard InChI is InChI=1S/C10H13NO3/c11-4-3-7-8(12)1-2-9-10(7)14-6-5-13-9/h1-2,12H,3-6,11H2. The normalized spacial score (nSPS) is 14.1. The van der Waals surface area contributed by atoms with E-state index in [1.807, 2.05) is 0 Å². The molecular formula is C10H13NO3. The van der Waals surface area contributed by atoms with Crippen molar-refractivity contribution in [2.75, 3.05) is 19.8 Å². The molecule has 4 heteroatoms. The van der Waals surface area contributed by atoms with E-state index in [2.05, 4.69) is 0 Å². The summed E-state index contributed by atoms with van der Waals surface area (Å²) in [7, 11) is 0. The molecule has 1 aliphatic rings. The SMILES string of the molecule is NCCc1c(O)ccc2c1OCCO2. The zero-order valence-corrected chi connectivity index (χ0v) is 7.82. The van der Waals surface area contributed by atoms with E-state index in [0.717, 1.165) is 5.56 Å². The summed E-state index contributed by atoms with van der Waals surface area (Å²) in [6.07, 6.45) is 0.596. The van der Waals surface area contributed by atoms with Gasteiger partial charge in [0.25, 0.3) is 0 Å². The molecule has 0 saturated carbocycles. The van der Waals surface area contributed by atoms with Gasteiger partial charge < -0.3 is 20.3 Å². The summed E-state index contributed by atoms with van der Waals surface area (Å²) in [5.41, 5.74) is 6.20. The van der Waals surface area contributed by atoms with E-state index in [1.165, 1.54) is 0 Å². The van der Waals surface area contributed by atoms with Gasteiger partial charge in [0.15, 0.2) is 11.5 Å². The zero-order chi connectivity index (χ0) is 9.97. The number of fused-ring (bicyclic) bond motifs is 1. The number of benzene rings is 1. The molecule has 0 spiro atoms. The lowest BCUT2D eigenvalue weighted by Crippen LogP contribution is -2.17. The Morgan fingerprint density at radius 3 is 2.86 bits per heavy atom. The highest BCUT2D eigenvalue weighted by molar-refractivity contribution is 5.54. The maximum atomic E-state index is 9.61. The second-order valence-electron chi connectivity index (χ2n) is 3.13. The average Bonchev–Trinajstić information content (AvgIpc) is 2.23. The Kier molecular flexibility index (Phi) is 2.45. The molecule has 0 radical (unpaired) electrons. The first-order valence-electron chi connectivity index (χ1n) is 4.63. The highest BCUT2D eigenvalue weighted by Gasteiger charge is 2.18. The number of ether oxygens (including phenoxy) is 2. The number of aromatic hydroxyl groups is 1. The van der Waals surface area contributed by atoms with Crippen molar-refractivity contribution in [1.29, 1.82) is 0 Å². The number of rotatable bonds is 2. The van der Waals surface area contributed by atoms with Gasteiger partial charge in [-0.1, -0.05) is 0 Å². The monoisotopic (exact) mass is 195 g/mol. The molecule has 76 valence electrons. The van der Waals surface area contributed by atoms with E-state index in [0.29, 0.717) is 37.7 Å². The molecule has 0 atom stereocenters. The number of hydrogen-bond acceptors (Lipinski definition) is 4. The van der Waals surface area contributed by atoms with Crippen molar-refractivity contribution in [3.8, 4) is 17.2 Å². The van der Waals surface area contributed by atoms with Crippen molar-refractivity contribution >= 4 is 0 Å². The molecular weight excluding hydrogens is 182 g/mol. The van der Waals surface area contributed by atoms with Gasteiger partial charge in [0.1, 0.15) is 19.0 Å². The second-order valence-corrected chi connectivity index (χ2v) is 3.13. The Morgan fingerprint density at radius 2 is 2.07 bits per heavy atom. The van der Waals surface area contributed by atoms with Crippen LogP contribution >= 0.6 is 0 Å². The smallest absolute Gasteiger partial charge is 0.168 e. The fourth-order valence-electron chi connectivity index (χ4n) is 1.55. The largest absolute Gasteiger partial charge is 0.508 e. The zero-order valence-electron chi connectivity index (χ0n) is 7.82. The molecule has 2 rings (SSSR count). The minimum Gasteiger partial charge on any atom is -0.508 e. The number of phenols is 1. The van der Waals surface area contributed by atoms with Crippen molar-refractivity contribution < 1.29 is 14.6 Å². The third kappa shape index (κ3) is 1.48. The summed E-state index contributed by atoms with van der Waals surface area (Å²) in [6, 6.07) is 3.32.